The lowest BCUT2D eigenvalue weighted by molar-refractivity contribution is 0.0909. The number of carbonyl (C=O) groups is 1. The molecule has 1 aromatic carbocycles. The number of rotatable bonds is 3. The highest BCUT2D eigenvalue weighted by atomic mass is 32.1. The van der Waals surface area contributed by atoms with E-state index in [1.165, 1.54) is 37.0 Å². The van der Waals surface area contributed by atoms with Gasteiger partial charge in [0.25, 0.3) is 0 Å². The van der Waals surface area contributed by atoms with Gasteiger partial charge in [-0.25, -0.2) is 9.78 Å². The first-order chi connectivity index (χ1) is 14.7. The molecule has 1 N–H and O–H groups in total. The molecule has 2 unspecified atom stereocenters. The molecule has 5 rings (SSSR count). The fourth-order valence-corrected chi connectivity index (χ4v) is 6.29. The van der Waals surface area contributed by atoms with Crippen LogP contribution in [0.25, 0.3) is 10.2 Å². The minimum atomic E-state index is -0.00227. The van der Waals surface area contributed by atoms with Crippen molar-refractivity contribution in [3.8, 4) is 5.75 Å². The number of piperidine rings is 1. The summed E-state index contributed by atoms with van der Waals surface area (Å²) >= 11 is 1.54. The quantitative estimate of drug-likeness (QED) is 0.785. The second-order valence-corrected chi connectivity index (χ2v) is 9.46. The Morgan fingerprint density at radius 3 is 2.80 bits per heavy atom. The zero-order valence-electron chi connectivity index (χ0n) is 17.6. The molecule has 1 saturated carbocycles. The number of hydrogen-bond donors (Lipinski definition) is 1. The number of nitrogens with one attached hydrogen (secondary N) is 1. The topological polar surface area (TPSA) is 66.9 Å². The van der Waals surface area contributed by atoms with Crippen molar-refractivity contribution in [2.75, 3.05) is 50.2 Å². The maximum atomic E-state index is 13.2. The molecule has 8 heteroatoms. The molecule has 2 aromatic rings. The monoisotopic (exact) mass is 430 g/mol. The standard InChI is InChI=1S/C22H30N4O3S/c1-28-18-9-8-17(25-11-13-29-14-12-25)20-19(18)23-21(30-20)24-22(27)26-10-4-6-15-5-2-3-7-16(15)26/h8-9,15-16H,2-7,10-14H2,1H3,(H,23,24,27). The molecule has 2 amide bonds. The second-order valence-electron chi connectivity index (χ2n) is 8.46. The van der Waals surface area contributed by atoms with Crippen molar-refractivity contribution in [1.82, 2.24) is 9.88 Å². The van der Waals surface area contributed by atoms with Gasteiger partial charge in [0.2, 0.25) is 0 Å². The van der Waals surface area contributed by atoms with Crippen LogP contribution in [0.15, 0.2) is 12.1 Å². The Morgan fingerprint density at radius 2 is 1.97 bits per heavy atom. The molecule has 162 valence electrons. The Bertz CT molecular complexity index is 909. The van der Waals surface area contributed by atoms with Gasteiger partial charge in [-0.1, -0.05) is 24.2 Å². The Hall–Kier alpha value is -2.06. The molecule has 1 aliphatic carbocycles. The number of aromatic nitrogens is 1. The maximum absolute atomic E-state index is 13.2. The highest BCUT2D eigenvalue weighted by Gasteiger charge is 2.36. The van der Waals surface area contributed by atoms with Gasteiger partial charge in [-0.05, 0) is 43.7 Å². The molecule has 2 aliphatic heterocycles. The minimum absolute atomic E-state index is 0.00227. The molecule has 1 aromatic heterocycles. The summed E-state index contributed by atoms with van der Waals surface area (Å²) in [6.07, 6.45) is 7.28. The smallest absolute Gasteiger partial charge is 0.323 e. The number of benzene rings is 1. The maximum Gasteiger partial charge on any atom is 0.323 e. The highest BCUT2D eigenvalue weighted by molar-refractivity contribution is 7.23. The van der Waals surface area contributed by atoms with Crippen LogP contribution >= 0.6 is 11.3 Å². The summed E-state index contributed by atoms with van der Waals surface area (Å²) in [5, 5.41) is 3.76. The van der Waals surface area contributed by atoms with Gasteiger partial charge in [-0.3, -0.25) is 5.32 Å². The number of anilines is 2. The molecular weight excluding hydrogens is 400 g/mol. The number of carbonyl (C=O) groups excluding carboxylic acids is 1. The lowest BCUT2D eigenvalue weighted by Gasteiger charge is -2.43. The summed E-state index contributed by atoms with van der Waals surface area (Å²) in [6.45, 7) is 4.02. The van der Waals surface area contributed by atoms with Crippen LogP contribution < -0.4 is 15.0 Å². The van der Waals surface area contributed by atoms with E-state index in [-0.39, 0.29) is 6.03 Å². The largest absolute Gasteiger partial charge is 0.494 e. The number of morpholine rings is 1. The lowest BCUT2D eigenvalue weighted by atomic mass is 9.78. The number of ether oxygens (including phenoxy) is 2. The minimum Gasteiger partial charge on any atom is -0.494 e. The van der Waals surface area contributed by atoms with E-state index in [2.05, 4.69) is 21.2 Å². The van der Waals surface area contributed by atoms with E-state index >= 15 is 0 Å². The fourth-order valence-electron chi connectivity index (χ4n) is 5.28. The first-order valence-corrected chi connectivity index (χ1v) is 11.9. The SMILES string of the molecule is COc1ccc(N2CCOCC2)c2sc(NC(=O)N3CCCC4CCCCC43)nc12. The van der Waals surface area contributed by atoms with Gasteiger partial charge < -0.3 is 19.3 Å². The van der Waals surface area contributed by atoms with Gasteiger partial charge in [-0.15, -0.1) is 0 Å². The number of urea groups is 1. The zero-order chi connectivity index (χ0) is 20.5. The fraction of sp³-hybridized carbons (Fsp3) is 0.636. The van der Waals surface area contributed by atoms with Crippen LogP contribution in [0.2, 0.25) is 0 Å². The summed E-state index contributed by atoms with van der Waals surface area (Å²) < 4.78 is 12.1. The van der Waals surface area contributed by atoms with Crippen LogP contribution in [0, 0.1) is 5.92 Å². The number of nitrogens with zero attached hydrogens (tertiary/aromatic N) is 3. The van der Waals surface area contributed by atoms with E-state index in [0.29, 0.717) is 17.1 Å². The van der Waals surface area contributed by atoms with Crippen LogP contribution in [0.5, 0.6) is 5.75 Å². The van der Waals surface area contributed by atoms with Crippen LogP contribution in [-0.4, -0.2) is 61.9 Å². The second kappa shape index (κ2) is 8.59. The molecule has 30 heavy (non-hydrogen) atoms. The third-order valence-corrected chi connectivity index (χ3v) is 7.77. The van der Waals surface area contributed by atoms with Crippen molar-refractivity contribution in [2.24, 2.45) is 5.92 Å². The predicted molar refractivity (Wildman–Crippen MR) is 120 cm³/mol. The van der Waals surface area contributed by atoms with E-state index in [0.717, 1.165) is 67.3 Å². The summed E-state index contributed by atoms with van der Waals surface area (Å²) in [5.74, 6) is 1.41. The lowest BCUT2D eigenvalue weighted by Crippen LogP contribution is -2.51. The average Bonchev–Trinajstić information content (AvgIpc) is 3.22. The predicted octanol–water partition coefficient (Wildman–Crippen LogP) is 4.33. The van der Waals surface area contributed by atoms with Crippen molar-refractivity contribution in [3.05, 3.63) is 12.1 Å². The van der Waals surface area contributed by atoms with Crippen molar-refractivity contribution < 1.29 is 14.3 Å². The molecule has 2 atom stereocenters. The molecular formula is C22H30N4O3S. The summed E-state index contributed by atoms with van der Waals surface area (Å²) in [5.41, 5.74) is 1.95. The summed E-state index contributed by atoms with van der Waals surface area (Å²) in [6, 6.07) is 4.45. The number of likely N-dealkylation sites (tertiary alicyclic amines) is 1. The first kappa shape index (κ1) is 19.9. The van der Waals surface area contributed by atoms with Gasteiger partial charge in [-0.2, -0.15) is 0 Å². The first-order valence-electron chi connectivity index (χ1n) is 11.1. The van der Waals surface area contributed by atoms with Crippen LogP contribution in [0.1, 0.15) is 38.5 Å². The molecule has 0 bridgehead atoms. The molecule has 3 fully saturated rings. The number of amides is 2. The van der Waals surface area contributed by atoms with Crippen LogP contribution in [-0.2, 0) is 4.74 Å². The van der Waals surface area contributed by atoms with E-state index in [4.69, 9.17) is 14.5 Å². The summed E-state index contributed by atoms with van der Waals surface area (Å²) in [4.78, 5) is 22.3. The van der Waals surface area contributed by atoms with Crippen molar-refractivity contribution >= 4 is 38.4 Å². The number of hydrogen-bond acceptors (Lipinski definition) is 6. The average molecular weight is 431 g/mol. The number of methoxy groups -OCH3 is 1. The molecule has 0 spiro atoms. The van der Waals surface area contributed by atoms with E-state index < -0.39 is 0 Å². The van der Waals surface area contributed by atoms with Crippen LogP contribution in [0.4, 0.5) is 15.6 Å². The molecule has 3 aliphatic rings. The zero-order valence-corrected chi connectivity index (χ0v) is 18.4. The van der Waals surface area contributed by atoms with Crippen molar-refractivity contribution in [1.29, 1.82) is 0 Å². The Morgan fingerprint density at radius 1 is 1.17 bits per heavy atom. The highest BCUT2D eigenvalue weighted by Crippen LogP contribution is 2.40. The van der Waals surface area contributed by atoms with Crippen molar-refractivity contribution in [2.45, 2.75) is 44.6 Å². The van der Waals surface area contributed by atoms with Gasteiger partial charge in [0.05, 0.1) is 30.7 Å². The Labute approximate surface area is 181 Å². The number of fused-ring (bicyclic) bond motifs is 2. The number of thiazole rings is 1. The summed E-state index contributed by atoms with van der Waals surface area (Å²) in [7, 11) is 1.66. The third-order valence-electron chi connectivity index (χ3n) is 6.78. The van der Waals surface area contributed by atoms with Gasteiger partial charge >= 0.3 is 6.03 Å². The van der Waals surface area contributed by atoms with E-state index in [9.17, 15) is 4.79 Å². The Kier molecular flexibility index (Phi) is 5.69. The van der Waals surface area contributed by atoms with Crippen LogP contribution in [0.3, 0.4) is 0 Å². The van der Waals surface area contributed by atoms with Gasteiger partial charge in [0.15, 0.2) is 5.13 Å². The van der Waals surface area contributed by atoms with E-state index in [1.54, 1.807) is 7.11 Å². The molecule has 3 heterocycles. The van der Waals surface area contributed by atoms with Gasteiger partial charge in [0.1, 0.15) is 11.3 Å². The van der Waals surface area contributed by atoms with Gasteiger partial charge in [0, 0.05) is 25.7 Å². The Balaban J connectivity index is 1.41. The normalized spacial score (nSPS) is 24.6. The molecule has 0 radical (unpaired) electrons. The third kappa shape index (κ3) is 3.71. The molecule has 7 nitrogen and oxygen atoms in total. The van der Waals surface area contributed by atoms with Crippen molar-refractivity contribution in [3.63, 3.8) is 0 Å². The molecule has 2 saturated heterocycles. The van der Waals surface area contributed by atoms with E-state index in [1.807, 2.05) is 6.07 Å².